The molecule has 2 fully saturated rings. The minimum atomic E-state index is 0.222. The van der Waals surface area contributed by atoms with Crippen molar-refractivity contribution in [1.82, 2.24) is 4.90 Å². The van der Waals surface area contributed by atoms with Crippen LogP contribution in [0.25, 0.3) is 0 Å². The van der Waals surface area contributed by atoms with E-state index < -0.39 is 0 Å². The monoisotopic (exact) mass is 252 g/mol. The van der Waals surface area contributed by atoms with Crippen LogP contribution in [0.2, 0.25) is 0 Å². The predicted molar refractivity (Wildman–Crippen MR) is 74.1 cm³/mol. The molecule has 0 spiro atoms. The van der Waals surface area contributed by atoms with Gasteiger partial charge in [-0.15, -0.1) is 0 Å². The van der Waals surface area contributed by atoms with Gasteiger partial charge in [0.25, 0.3) is 0 Å². The standard InChI is InChI=1S/C15H28N2O/c1-12(16)14-9-10-17(11-14)15(18)13-7-5-3-2-4-6-8-13/h12-14H,2-11,16H2,1H3. The van der Waals surface area contributed by atoms with E-state index in [2.05, 4.69) is 11.8 Å². The van der Waals surface area contributed by atoms with Crippen molar-refractivity contribution in [1.29, 1.82) is 0 Å². The van der Waals surface area contributed by atoms with Gasteiger partial charge < -0.3 is 10.6 Å². The third kappa shape index (κ3) is 3.47. The summed E-state index contributed by atoms with van der Waals surface area (Å²) < 4.78 is 0. The molecule has 1 saturated carbocycles. The summed E-state index contributed by atoms with van der Waals surface area (Å²) in [6, 6.07) is 0.222. The second-order valence-corrected chi connectivity index (χ2v) is 6.23. The number of rotatable bonds is 2. The lowest BCUT2D eigenvalue weighted by molar-refractivity contribution is -0.135. The summed E-state index contributed by atoms with van der Waals surface area (Å²) >= 11 is 0. The largest absolute Gasteiger partial charge is 0.342 e. The molecule has 3 heteroatoms. The second kappa shape index (κ2) is 6.55. The Morgan fingerprint density at radius 1 is 1.11 bits per heavy atom. The summed E-state index contributed by atoms with van der Waals surface area (Å²) in [7, 11) is 0. The van der Waals surface area contributed by atoms with Crippen LogP contribution in [0.15, 0.2) is 0 Å². The Morgan fingerprint density at radius 2 is 1.72 bits per heavy atom. The van der Waals surface area contributed by atoms with Gasteiger partial charge in [0, 0.05) is 25.0 Å². The van der Waals surface area contributed by atoms with Gasteiger partial charge >= 0.3 is 0 Å². The maximum atomic E-state index is 12.5. The molecule has 0 aromatic heterocycles. The first kappa shape index (κ1) is 13.9. The maximum absolute atomic E-state index is 12.5. The van der Waals surface area contributed by atoms with Crippen LogP contribution in [0.1, 0.15) is 58.3 Å². The molecule has 2 unspecified atom stereocenters. The molecule has 0 aromatic carbocycles. The fourth-order valence-electron chi connectivity index (χ4n) is 3.38. The van der Waals surface area contributed by atoms with Crippen LogP contribution < -0.4 is 5.73 Å². The fraction of sp³-hybridized carbons (Fsp3) is 0.933. The molecule has 0 aromatic rings. The minimum Gasteiger partial charge on any atom is -0.342 e. The van der Waals surface area contributed by atoms with E-state index in [4.69, 9.17) is 5.73 Å². The predicted octanol–water partition coefficient (Wildman–Crippen LogP) is 2.54. The van der Waals surface area contributed by atoms with Crippen LogP contribution in [-0.2, 0) is 4.79 Å². The Hall–Kier alpha value is -0.570. The van der Waals surface area contributed by atoms with Gasteiger partial charge in [-0.3, -0.25) is 4.79 Å². The Kier molecular flexibility index (Phi) is 5.04. The second-order valence-electron chi connectivity index (χ2n) is 6.23. The van der Waals surface area contributed by atoms with Gasteiger partial charge in [0.05, 0.1) is 0 Å². The van der Waals surface area contributed by atoms with Crippen LogP contribution in [-0.4, -0.2) is 29.9 Å². The van der Waals surface area contributed by atoms with E-state index in [-0.39, 0.29) is 6.04 Å². The zero-order valence-corrected chi connectivity index (χ0v) is 11.7. The molecule has 2 atom stereocenters. The van der Waals surface area contributed by atoms with Crippen LogP contribution in [0, 0.1) is 11.8 Å². The molecule has 0 bridgehead atoms. The topological polar surface area (TPSA) is 46.3 Å². The Bertz CT molecular complexity index is 270. The third-order valence-corrected chi connectivity index (χ3v) is 4.73. The van der Waals surface area contributed by atoms with Gasteiger partial charge in [-0.1, -0.05) is 32.1 Å². The third-order valence-electron chi connectivity index (χ3n) is 4.73. The van der Waals surface area contributed by atoms with Gasteiger partial charge in [-0.2, -0.15) is 0 Å². The minimum absolute atomic E-state index is 0.222. The van der Waals surface area contributed by atoms with E-state index >= 15 is 0 Å². The molecular formula is C15H28N2O. The molecule has 104 valence electrons. The Morgan fingerprint density at radius 3 is 2.28 bits per heavy atom. The average molecular weight is 252 g/mol. The van der Waals surface area contributed by atoms with E-state index in [0.717, 1.165) is 32.4 Å². The van der Waals surface area contributed by atoms with E-state index in [1.54, 1.807) is 0 Å². The molecule has 1 aliphatic heterocycles. The molecular weight excluding hydrogens is 224 g/mol. The SMILES string of the molecule is CC(N)C1CCN(C(=O)C2CCCCCCC2)C1. The van der Waals surface area contributed by atoms with Crippen molar-refractivity contribution in [3.05, 3.63) is 0 Å². The molecule has 2 N–H and O–H groups in total. The van der Waals surface area contributed by atoms with Crippen LogP contribution in [0.4, 0.5) is 0 Å². The summed E-state index contributed by atoms with van der Waals surface area (Å²) in [6.45, 7) is 3.89. The van der Waals surface area contributed by atoms with Crippen molar-refractivity contribution in [3.63, 3.8) is 0 Å². The molecule has 0 radical (unpaired) electrons. The lowest BCUT2D eigenvalue weighted by Gasteiger charge is -2.25. The average Bonchev–Trinajstić information content (AvgIpc) is 2.77. The van der Waals surface area contributed by atoms with E-state index in [1.165, 1.54) is 32.1 Å². The highest BCUT2D eigenvalue weighted by atomic mass is 16.2. The molecule has 1 amide bonds. The molecule has 2 rings (SSSR count). The molecule has 1 aliphatic carbocycles. The van der Waals surface area contributed by atoms with Crippen molar-refractivity contribution in [3.8, 4) is 0 Å². The highest BCUT2D eigenvalue weighted by molar-refractivity contribution is 5.79. The van der Waals surface area contributed by atoms with Gasteiger partial charge in [-0.05, 0) is 32.1 Å². The van der Waals surface area contributed by atoms with Crippen molar-refractivity contribution < 1.29 is 4.79 Å². The van der Waals surface area contributed by atoms with Crippen LogP contribution in [0.5, 0.6) is 0 Å². The van der Waals surface area contributed by atoms with Gasteiger partial charge in [0.1, 0.15) is 0 Å². The quantitative estimate of drug-likeness (QED) is 0.821. The summed E-state index contributed by atoms with van der Waals surface area (Å²) in [5, 5.41) is 0. The first-order valence-corrected chi connectivity index (χ1v) is 7.73. The molecule has 2 aliphatic rings. The van der Waals surface area contributed by atoms with Crippen molar-refractivity contribution >= 4 is 5.91 Å². The first-order chi connectivity index (χ1) is 8.68. The summed E-state index contributed by atoms with van der Waals surface area (Å²) in [5.41, 5.74) is 5.95. The van der Waals surface area contributed by atoms with Crippen molar-refractivity contribution in [2.24, 2.45) is 17.6 Å². The Balaban J connectivity index is 1.86. The van der Waals surface area contributed by atoms with Gasteiger partial charge in [-0.25, -0.2) is 0 Å². The van der Waals surface area contributed by atoms with E-state index in [1.807, 2.05) is 0 Å². The summed E-state index contributed by atoms with van der Waals surface area (Å²) in [4.78, 5) is 14.6. The number of amides is 1. The Labute approximate surface area is 111 Å². The molecule has 1 saturated heterocycles. The van der Waals surface area contributed by atoms with E-state index in [0.29, 0.717) is 17.7 Å². The van der Waals surface area contributed by atoms with Gasteiger partial charge in [0.15, 0.2) is 0 Å². The van der Waals surface area contributed by atoms with Crippen molar-refractivity contribution in [2.45, 2.75) is 64.3 Å². The van der Waals surface area contributed by atoms with E-state index in [9.17, 15) is 4.79 Å². The molecule has 1 heterocycles. The zero-order chi connectivity index (χ0) is 13.0. The number of nitrogens with zero attached hydrogens (tertiary/aromatic N) is 1. The molecule has 3 nitrogen and oxygen atoms in total. The number of hydrogen-bond donors (Lipinski definition) is 1. The smallest absolute Gasteiger partial charge is 0.225 e. The number of hydrogen-bond acceptors (Lipinski definition) is 2. The maximum Gasteiger partial charge on any atom is 0.225 e. The molecule has 18 heavy (non-hydrogen) atoms. The number of carbonyl (C=O) groups is 1. The number of nitrogens with two attached hydrogens (primary N) is 1. The van der Waals surface area contributed by atoms with Crippen molar-refractivity contribution in [2.75, 3.05) is 13.1 Å². The van der Waals surface area contributed by atoms with Gasteiger partial charge in [0.2, 0.25) is 5.91 Å². The summed E-state index contributed by atoms with van der Waals surface area (Å²) in [6.07, 6.45) is 9.77. The van der Waals surface area contributed by atoms with Crippen LogP contribution in [0.3, 0.4) is 0 Å². The zero-order valence-electron chi connectivity index (χ0n) is 11.7. The number of likely N-dealkylation sites (tertiary alicyclic amines) is 1. The van der Waals surface area contributed by atoms with Crippen LogP contribution >= 0.6 is 0 Å². The fourth-order valence-corrected chi connectivity index (χ4v) is 3.38. The highest BCUT2D eigenvalue weighted by Gasteiger charge is 2.31. The normalized spacial score (nSPS) is 28.8. The first-order valence-electron chi connectivity index (χ1n) is 7.73. The highest BCUT2D eigenvalue weighted by Crippen LogP contribution is 2.27. The lowest BCUT2D eigenvalue weighted by Crippen LogP contribution is -2.36. The number of carbonyl (C=O) groups excluding carboxylic acids is 1. The lowest BCUT2D eigenvalue weighted by atomic mass is 9.90. The summed E-state index contributed by atoms with van der Waals surface area (Å²) in [5.74, 6) is 1.24.